The van der Waals surface area contributed by atoms with Gasteiger partial charge >= 0.3 is 5.69 Å². The van der Waals surface area contributed by atoms with E-state index in [9.17, 15) is 9.00 Å². The van der Waals surface area contributed by atoms with E-state index in [0.717, 1.165) is 66.0 Å². The van der Waals surface area contributed by atoms with E-state index in [1.807, 2.05) is 42.6 Å². The minimum Gasteiger partial charge on any atom is -0.326 e. The largest absolute Gasteiger partial charge is 0.326 e. The Bertz CT molecular complexity index is 1560. The van der Waals surface area contributed by atoms with Crippen molar-refractivity contribution in [3.8, 4) is 0 Å². The standard InChI is InChI=1S/C24H27N9O2S/c1-36(35)27-11-3-2-4-13-33(21-7-5-6-18-17(21)15-26-32-18)22-10-12-25-23(31-22)28-16-8-9-19-20(14-16)30-24(34)29-19/h5-10,12,14-15,27H,2-4,11,13H2,1H3,(H,26,32)(H,25,28,31)(H2,29,30,34). The van der Waals surface area contributed by atoms with Gasteiger partial charge in [0.15, 0.2) is 0 Å². The topological polar surface area (TPSA) is 147 Å². The molecule has 0 spiro atoms. The molecule has 1 unspecified atom stereocenters. The van der Waals surface area contributed by atoms with Gasteiger partial charge in [-0.15, -0.1) is 0 Å². The first-order chi connectivity index (χ1) is 17.6. The lowest BCUT2D eigenvalue weighted by atomic mass is 10.1. The van der Waals surface area contributed by atoms with E-state index in [1.165, 1.54) is 0 Å². The molecule has 5 rings (SSSR count). The molecule has 2 aromatic carbocycles. The summed E-state index contributed by atoms with van der Waals surface area (Å²) in [5.74, 6) is 1.20. The Morgan fingerprint density at radius 3 is 2.81 bits per heavy atom. The van der Waals surface area contributed by atoms with E-state index < -0.39 is 11.0 Å². The highest BCUT2D eigenvalue weighted by atomic mass is 32.2. The van der Waals surface area contributed by atoms with Gasteiger partial charge in [-0.05, 0) is 49.2 Å². The third kappa shape index (κ3) is 5.44. The number of fused-ring (bicyclic) bond motifs is 2. The van der Waals surface area contributed by atoms with Crippen molar-refractivity contribution >= 4 is 56.1 Å². The molecule has 5 N–H and O–H groups in total. The number of H-pyrrole nitrogens is 3. The van der Waals surface area contributed by atoms with Gasteiger partial charge in [-0.25, -0.2) is 18.7 Å². The van der Waals surface area contributed by atoms with Gasteiger partial charge in [-0.1, -0.05) is 12.5 Å². The quantitative estimate of drug-likeness (QED) is 0.173. The van der Waals surface area contributed by atoms with E-state index in [1.54, 1.807) is 12.5 Å². The number of imidazole rings is 1. The molecule has 0 aliphatic carbocycles. The van der Waals surface area contributed by atoms with Crippen LogP contribution in [-0.4, -0.2) is 53.7 Å². The van der Waals surface area contributed by atoms with Gasteiger partial charge in [0.25, 0.3) is 0 Å². The number of rotatable bonds is 11. The highest BCUT2D eigenvalue weighted by molar-refractivity contribution is 7.82. The van der Waals surface area contributed by atoms with Gasteiger partial charge in [-0.2, -0.15) is 10.1 Å². The van der Waals surface area contributed by atoms with E-state index >= 15 is 0 Å². The van der Waals surface area contributed by atoms with E-state index in [0.29, 0.717) is 11.5 Å². The fraction of sp³-hybridized carbons (Fsp3) is 0.250. The summed E-state index contributed by atoms with van der Waals surface area (Å²) < 4.78 is 14.2. The first kappa shape index (κ1) is 23.7. The SMILES string of the molecule is CS(=O)NCCCCCN(c1ccnc(Nc2ccc3[nH]c(=O)[nH]c3c2)n1)c1cccc2[nH]ncc12. The van der Waals surface area contributed by atoms with Gasteiger partial charge in [0, 0.05) is 36.6 Å². The zero-order valence-electron chi connectivity index (χ0n) is 19.7. The Labute approximate surface area is 209 Å². The molecule has 0 saturated heterocycles. The molecule has 11 nitrogen and oxygen atoms in total. The van der Waals surface area contributed by atoms with Crippen molar-refractivity contribution in [3.63, 3.8) is 0 Å². The average Bonchev–Trinajstić information content (AvgIpc) is 3.49. The normalized spacial score (nSPS) is 12.2. The van der Waals surface area contributed by atoms with Crippen molar-refractivity contribution in [2.45, 2.75) is 19.3 Å². The molecule has 0 radical (unpaired) electrons. The van der Waals surface area contributed by atoms with Crippen LogP contribution in [-0.2, 0) is 11.0 Å². The molecule has 0 aliphatic rings. The molecule has 1 atom stereocenters. The van der Waals surface area contributed by atoms with Crippen LogP contribution in [0.1, 0.15) is 19.3 Å². The van der Waals surface area contributed by atoms with Gasteiger partial charge < -0.3 is 20.2 Å². The number of unbranched alkanes of at least 4 members (excludes halogenated alkanes) is 2. The molecule has 3 heterocycles. The summed E-state index contributed by atoms with van der Waals surface area (Å²) >= 11 is 0. The summed E-state index contributed by atoms with van der Waals surface area (Å²) in [5.41, 5.74) is 3.91. The predicted molar refractivity (Wildman–Crippen MR) is 143 cm³/mol. The molecular formula is C24H27N9O2S. The summed E-state index contributed by atoms with van der Waals surface area (Å²) in [5, 5.41) is 11.5. The maximum atomic E-state index is 11.6. The number of hydrogen-bond acceptors (Lipinski definition) is 7. The smallest absolute Gasteiger partial charge is 0.323 e. The van der Waals surface area contributed by atoms with Gasteiger partial charge in [0.1, 0.15) is 5.82 Å². The Morgan fingerprint density at radius 2 is 1.92 bits per heavy atom. The Morgan fingerprint density at radius 1 is 1.03 bits per heavy atom. The van der Waals surface area contributed by atoms with Crippen LogP contribution in [0.4, 0.5) is 23.1 Å². The van der Waals surface area contributed by atoms with Crippen molar-refractivity contribution in [1.82, 2.24) is 34.9 Å². The molecule has 0 aliphatic heterocycles. The summed E-state index contributed by atoms with van der Waals surface area (Å²) in [6, 6.07) is 13.5. The van der Waals surface area contributed by atoms with Crippen molar-refractivity contribution in [2.75, 3.05) is 29.6 Å². The molecule has 0 fully saturated rings. The predicted octanol–water partition coefficient (Wildman–Crippen LogP) is 3.46. The summed E-state index contributed by atoms with van der Waals surface area (Å²) in [6.07, 6.45) is 8.03. The monoisotopic (exact) mass is 505 g/mol. The number of aromatic amines is 3. The lowest BCUT2D eigenvalue weighted by molar-refractivity contribution is 0.649. The molecule has 0 saturated carbocycles. The molecule has 0 amide bonds. The zero-order valence-corrected chi connectivity index (χ0v) is 20.6. The summed E-state index contributed by atoms with van der Waals surface area (Å²) in [6.45, 7) is 1.46. The number of aromatic nitrogens is 6. The van der Waals surface area contributed by atoms with Crippen LogP contribution in [0.2, 0.25) is 0 Å². The number of hydrogen-bond donors (Lipinski definition) is 5. The first-order valence-electron chi connectivity index (χ1n) is 11.7. The van der Waals surface area contributed by atoms with Crippen LogP contribution in [0.3, 0.4) is 0 Å². The van der Waals surface area contributed by atoms with E-state index in [4.69, 9.17) is 4.98 Å². The lowest BCUT2D eigenvalue weighted by Crippen LogP contribution is -2.21. The molecule has 5 aromatic rings. The van der Waals surface area contributed by atoms with Crippen molar-refractivity contribution < 1.29 is 4.21 Å². The number of nitrogens with one attached hydrogen (secondary N) is 5. The van der Waals surface area contributed by atoms with E-state index in [2.05, 4.69) is 46.2 Å². The average molecular weight is 506 g/mol. The van der Waals surface area contributed by atoms with Crippen LogP contribution >= 0.6 is 0 Å². The third-order valence-corrected chi connectivity index (χ3v) is 6.42. The molecule has 0 bridgehead atoms. The molecular weight excluding hydrogens is 478 g/mol. The fourth-order valence-corrected chi connectivity index (χ4v) is 4.56. The fourth-order valence-electron chi connectivity index (χ4n) is 4.13. The molecule has 3 aromatic heterocycles. The second-order valence-corrected chi connectivity index (χ2v) is 9.57. The van der Waals surface area contributed by atoms with Gasteiger partial charge in [0.05, 0.1) is 39.4 Å². The second-order valence-electron chi connectivity index (χ2n) is 8.37. The first-order valence-corrected chi connectivity index (χ1v) is 13.2. The number of benzene rings is 2. The Hall–Kier alpha value is -4.03. The van der Waals surface area contributed by atoms with Crippen LogP contribution in [0, 0.1) is 0 Å². The number of anilines is 4. The zero-order chi connectivity index (χ0) is 24.9. The Kier molecular flexibility index (Phi) is 7.05. The minimum absolute atomic E-state index is 0.247. The summed E-state index contributed by atoms with van der Waals surface area (Å²) in [4.78, 5) is 28.4. The minimum atomic E-state index is -0.991. The second kappa shape index (κ2) is 10.7. The van der Waals surface area contributed by atoms with Gasteiger partial charge in [0.2, 0.25) is 5.95 Å². The van der Waals surface area contributed by atoms with Crippen molar-refractivity contribution in [2.24, 2.45) is 0 Å². The molecule has 12 heteroatoms. The highest BCUT2D eigenvalue weighted by Gasteiger charge is 2.16. The van der Waals surface area contributed by atoms with Crippen molar-refractivity contribution in [1.29, 1.82) is 0 Å². The maximum absolute atomic E-state index is 11.6. The van der Waals surface area contributed by atoms with E-state index in [-0.39, 0.29) is 5.69 Å². The summed E-state index contributed by atoms with van der Waals surface area (Å²) in [7, 11) is -0.991. The van der Waals surface area contributed by atoms with Crippen LogP contribution in [0.15, 0.2) is 59.7 Å². The van der Waals surface area contributed by atoms with Crippen LogP contribution in [0.25, 0.3) is 21.9 Å². The Balaban J connectivity index is 1.39. The van der Waals surface area contributed by atoms with Gasteiger partial charge in [-0.3, -0.25) is 5.10 Å². The highest BCUT2D eigenvalue weighted by Crippen LogP contribution is 2.31. The van der Waals surface area contributed by atoms with Crippen LogP contribution < -0.4 is 20.6 Å². The third-order valence-electron chi connectivity index (χ3n) is 5.81. The molecule has 36 heavy (non-hydrogen) atoms. The van der Waals surface area contributed by atoms with Crippen molar-refractivity contribution in [3.05, 3.63) is 65.3 Å². The lowest BCUT2D eigenvalue weighted by Gasteiger charge is -2.25. The molecule has 186 valence electrons. The maximum Gasteiger partial charge on any atom is 0.323 e. The van der Waals surface area contributed by atoms with Crippen LogP contribution in [0.5, 0.6) is 0 Å². The number of nitrogens with zero attached hydrogens (tertiary/aromatic N) is 4.